The number of benzene rings is 1. The summed E-state index contributed by atoms with van der Waals surface area (Å²) in [7, 11) is 0. The van der Waals surface area contributed by atoms with Crippen molar-refractivity contribution in [3.05, 3.63) is 52.3 Å². The molecule has 0 aliphatic heterocycles. The maximum Gasteiger partial charge on any atom is 0.416 e. The number of hydrogen-bond acceptors (Lipinski definition) is 2. The third kappa shape index (κ3) is 4.65. The number of amides is 1. The summed E-state index contributed by atoms with van der Waals surface area (Å²) in [6.45, 7) is 7.25. The SMILES string of the molecule is Cc1cnn(C[C@H]2CC[C@H](c3ccc(C(F)(F)F)cc3C(N)=O)CC2)c1C(C)C. The fourth-order valence-corrected chi connectivity index (χ4v) is 4.59. The lowest BCUT2D eigenvalue weighted by atomic mass is 9.77. The zero-order chi connectivity index (χ0) is 21.3. The first-order chi connectivity index (χ1) is 13.6. The first-order valence-corrected chi connectivity index (χ1v) is 10.1. The summed E-state index contributed by atoms with van der Waals surface area (Å²) in [4.78, 5) is 11.8. The minimum atomic E-state index is -4.49. The van der Waals surface area contributed by atoms with Crippen molar-refractivity contribution >= 4 is 5.91 Å². The van der Waals surface area contributed by atoms with Crippen molar-refractivity contribution in [2.24, 2.45) is 11.7 Å². The van der Waals surface area contributed by atoms with Crippen LogP contribution in [-0.2, 0) is 12.7 Å². The molecule has 2 aromatic rings. The van der Waals surface area contributed by atoms with Crippen LogP contribution < -0.4 is 5.73 Å². The molecule has 29 heavy (non-hydrogen) atoms. The third-order valence-electron chi connectivity index (χ3n) is 5.98. The Morgan fingerprint density at radius 2 is 1.90 bits per heavy atom. The summed E-state index contributed by atoms with van der Waals surface area (Å²) in [6, 6.07) is 3.38. The van der Waals surface area contributed by atoms with Gasteiger partial charge < -0.3 is 5.73 Å². The summed E-state index contributed by atoms with van der Waals surface area (Å²) < 4.78 is 41.1. The molecule has 1 aliphatic carbocycles. The van der Waals surface area contributed by atoms with Gasteiger partial charge in [-0.05, 0) is 73.6 Å². The van der Waals surface area contributed by atoms with E-state index in [0.717, 1.165) is 44.4 Å². The van der Waals surface area contributed by atoms with Gasteiger partial charge in [-0.25, -0.2) is 0 Å². The minimum absolute atomic E-state index is 0.00642. The highest BCUT2D eigenvalue weighted by Crippen LogP contribution is 2.40. The topological polar surface area (TPSA) is 60.9 Å². The van der Waals surface area contributed by atoms with E-state index in [9.17, 15) is 18.0 Å². The lowest BCUT2D eigenvalue weighted by Crippen LogP contribution is -2.23. The number of hydrogen-bond donors (Lipinski definition) is 1. The van der Waals surface area contributed by atoms with Gasteiger partial charge in [0.1, 0.15) is 0 Å². The minimum Gasteiger partial charge on any atom is -0.366 e. The maximum absolute atomic E-state index is 13.0. The van der Waals surface area contributed by atoms with Crippen LogP contribution in [0.1, 0.15) is 84.1 Å². The molecule has 0 bridgehead atoms. The normalized spacial score (nSPS) is 20.2. The maximum atomic E-state index is 13.0. The molecule has 0 radical (unpaired) electrons. The van der Waals surface area contributed by atoms with E-state index < -0.39 is 17.6 Å². The fourth-order valence-electron chi connectivity index (χ4n) is 4.59. The predicted octanol–water partition coefficient (Wildman–Crippen LogP) is 5.41. The molecule has 1 fully saturated rings. The van der Waals surface area contributed by atoms with Crippen LogP contribution in [-0.4, -0.2) is 15.7 Å². The smallest absolute Gasteiger partial charge is 0.366 e. The van der Waals surface area contributed by atoms with Gasteiger partial charge >= 0.3 is 6.18 Å². The molecule has 4 nitrogen and oxygen atoms in total. The molecule has 1 aliphatic rings. The Labute approximate surface area is 169 Å². The van der Waals surface area contributed by atoms with Crippen molar-refractivity contribution in [1.82, 2.24) is 9.78 Å². The average Bonchev–Trinajstić information content (AvgIpc) is 3.01. The van der Waals surface area contributed by atoms with Gasteiger partial charge in [0, 0.05) is 17.8 Å². The van der Waals surface area contributed by atoms with E-state index in [-0.39, 0.29) is 11.5 Å². The van der Waals surface area contributed by atoms with Gasteiger partial charge in [0.25, 0.3) is 0 Å². The Balaban J connectivity index is 1.72. The largest absolute Gasteiger partial charge is 0.416 e. The Morgan fingerprint density at radius 3 is 2.45 bits per heavy atom. The van der Waals surface area contributed by atoms with Gasteiger partial charge in [-0.2, -0.15) is 18.3 Å². The highest BCUT2D eigenvalue weighted by Gasteiger charge is 2.33. The number of primary amides is 1. The van der Waals surface area contributed by atoms with Gasteiger partial charge in [-0.3, -0.25) is 9.48 Å². The van der Waals surface area contributed by atoms with E-state index in [4.69, 9.17) is 5.73 Å². The predicted molar refractivity (Wildman–Crippen MR) is 106 cm³/mol. The first-order valence-electron chi connectivity index (χ1n) is 10.1. The molecular formula is C22H28F3N3O. The second-order valence-corrected chi connectivity index (χ2v) is 8.43. The standard InChI is InChI=1S/C22H28F3N3O/c1-13(2)20-14(3)11-27-28(20)12-15-4-6-16(7-5-15)18-9-8-17(22(23,24)25)10-19(18)21(26)29/h8-11,13,15-16H,4-7,12H2,1-3H3,(H2,26,29)/t15-,16-. The van der Waals surface area contributed by atoms with Gasteiger partial charge in [-0.15, -0.1) is 0 Å². The fraction of sp³-hybridized carbons (Fsp3) is 0.545. The van der Waals surface area contributed by atoms with Crippen LogP contribution in [0.3, 0.4) is 0 Å². The van der Waals surface area contributed by atoms with Crippen LogP contribution in [0.5, 0.6) is 0 Å². The van der Waals surface area contributed by atoms with Crippen molar-refractivity contribution in [2.45, 2.75) is 71.0 Å². The summed E-state index contributed by atoms with van der Waals surface area (Å²) in [5, 5.41) is 4.53. The quantitative estimate of drug-likeness (QED) is 0.721. The van der Waals surface area contributed by atoms with Crippen LogP contribution >= 0.6 is 0 Å². The Kier molecular flexibility index (Phi) is 6.05. The molecule has 2 N–H and O–H groups in total. The van der Waals surface area contributed by atoms with Gasteiger partial charge in [0.15, 0.2) is 0 Å². The van der Waals surface area contributed by atoms with Crippen molar-refractivity contribution in [3.63, 3.8) is 0 Å². The number of nitrogens with zero attached hydrogens (tertiary/aromatic N) is 2. The molecule has 1 aromatic carbocycles. The summed E-state index contributed by atoms with van der Waals surface area (Å²) in [5.74, 6) is 0.121. The van der Waals surface area contributed by atoms with E-state index in [0.29, 0.717) is 17.4 Å². The van der Waals surface area contributed by atoms with Crippen LogP contribution in [0.2, 0.25) is 0 Å². The molecule has 1 heterocycles. The van der Waals surface area contributed by atoms with Gasteiger partial charge in [0.2, 0.25) is 5.91 Å². The number of halogens is 3. The zero-order valence-corrected chi connectivity index (χ0v) is 17.1. The number of carbonyl (C=O) groups is 1. The van der Waals surface area contributed by atoms with Crippen LogP contribution in [0.25, 0.3) is 0 Å². The second-order valence-electron chi connectivity index (χ2n) is 8.43. The third-order valence-corrected chi connectivity index (χ3v) is 5.98. The van der Waals surface area contributed by atoms with E-state index in [1.54, 1.807) is 0 Å². The Hall–Kier alpha value is -2.31. The second kappa shape index (κ2) is 8.20. The lowest BCUT2D eigenvalue weighted by molar-refractivity contribution is -0.137. The van der Waals surface area contributed by atoms with E-state index in [2.05, 4.69) is 30.6 Å². The molecule has 1 amide bonds. The van der Waals surface area contributed by atoms with Crippen molar-refractivity contribution in [3.8, 4) is 0 Å². The molecule has 158 valence electrons. The molecular weight excluding hydrogens is 379 g/mol. The number of rotatable bonds is 5. The molecule has 0 saturated heterocycles. The first kappa shape index (κ1) is 21.4. The van der Waals surface area contributed by atoms with Gasteiger partial charge in [-0.1, -0.05) is 19.9 Å². The highest BCUT2D eigenvalue weighted by atomic mass is 19.4. The lowest BCUT2D eigenvalue weighted by Gasteiger charge is -2.30. The van der Waals surface area contributed by atoms with Crippen LogP contribution in [0.15, 0.2) is 24.4 Å². The van der Waals surface area contributed by atoms with E-state index >= 15 is 0 Å². The monoisotopic (exact) mass is 407 g/mol. The zero-order valence-electron chi connectivity index (χ0n) is 17.1. The van der Waals surface area contributed by atoms with E-state index in [1.807, 2.05) is 6.20 Å². The number of nitrogens with two attached hydrogens (primary N) is 1. The van der Waals surface area contributed by atoms with Gasteiger partial charge in [0.05, 0.1) is 11.8 Å². The molecule has 1 aromatic heterocycles. The molecule has 7 heteroatoms. The number of aryl methyl sites for hydroxylation is 1. The number of alkyl halides is 3. The highest BCUT2D eigenvalue weighted by molar-refractivity contribution is 5.94. The Bertz CT molecular complexity index is 878. The molecule has 0 unspecified atom stereocenters. The molecule has 1 saturated carbocycles. The van der Waals surface area contributed by atoms with Crippen molar-refractivity contribution in [1.29, 1.82) is 0 Å². The molecule has 0 spiro atoms. The van der Waals surface area contributed by atoms with Crippen LogP contribution in [0, 0.1) is 12.8 Å². The van der Waals surface area contributed by atoms with Crippen LogP contribution in [0.4, 0.5) is 13.2 Å². The summed E-state index contributed by atoms with van der Waals surface area (Å²) in [6.07, 6.45) is 0.959. The van der Waals surface area contributed by atoms with Crippen molar-refractivity contribution in [2.75, 3.05) is 0 Å². The number of carbonyl (C=O) groups excluding carboxylic acids is 1. The average molecular weight is 407 g/mol. The summed E-state index contributed by atoms with van der Waals surface area (Å²) >= 11 is 0. The van der Waals surface area contributed by atoms with E-state index in [1.165, 1.54) is 17.3 Å². The number of aromatic nitrogens is 2. The Morgan fingerprint density at radius 1 is 1.24 bits per heavy atom. The molecule has 0 atom stereocenters. The molecule has 3 rings (SSSR count). The summed E-state index contributed by atoms with van der Waals surface area (Å²) in [5.41, 5.74) is 7.65. The van der Waals surface area contributed by atoms with Crippen molar-refractivity contribution < 1.29 is 18.0 Å².